The van der Waals surface area contributed by atoms with Gasteiger partial charge in [0.25, 0.3) is 0 Å². The molecular weight excluding hydrogens is 427 g/mol. The number of aliphatic hydroxyl groups is 1. The van der Waals surface area contributed by atoms with Gasteiger partial charge in [-0.1, -0.05) is 60.7 Å². The van der Waals surface area contributed by atoms with Crippen molar-refractivity contribution in [1.29, 1.82) is 0 Å². The van der Waals surface area contributed by atoms with Gasteiger partial charge in [0.05, 0.1) is 24.5 Å². The van der Waals surface area contributed by atoms with Gasteiger partial charge in [-0.25, -0.2) is 14.0 Å². The van der Waals surface area contributed by atoms with Crippen LogP contribution in [0.25, 0.3) is 0 Å². The molecule has 0 aliphatic carbocycles. The van der Waals surface area contributed by atoms with Crippen LogP contribution >= 0.6 is 0 Å². The van der Waals surface area contributed by atoms with Crippen LogP contribution in [-0.4, -0.2) is 36.4 Å². The van der Waals surface area contributed by atoms with Crippen LogP contribution in [0.3, 0.4) is 0 Å². The minimum atomic E-state index is -0.939. The Balaban J connectivity index is 1.52. The first-order valence-corrected chi connectivity index (χ1v) is 10.5. The average molecular weight is 450 g/mol. The van der Waals surface area contributed by atoms with Gasteiger partial charge in [-0.2, -0.15) is 0 Å². The van der Waals surface area contributed by atoms with Crippen LogP contribution < -0.4 is 10.2 Å². The second-order valence-electron chi connectivity index (χ2n) is 7.54. The van der Waals surface area contributed by atoms with Gasteiger partial charge in [-0.15, -0.1) is 0 Å². The van der Waals surface area contributed by atoms with Crippen molar-refractivity contribution >= 4 is 23.4 Å². The Labute approximate surface area is 190 Å². The smallest absolute Gasteiger partial charge is 0.414 e. The number of halogens is 1. The first kappa shape index (κ1) is 22.3. The predicted molar refractivity (Wildman–Crippen MR) is 120 cm³/mol. The molecule has 1 amide bonds. The van der Waals surface area contributed by atoms with E-state index in [9.17, 15) is 19.1 Å². The summed E-state index contributed by atoms with van der Waals surface area (Å²) in [6.45, 7) is -0.0938. The van der Waals surface area contributed by atoms with Gasteiger partial charge < -0.3 is 19.9 Å². The van der Waals surface area contributed by atoms with Crippen LogP contribution in [0.5, 0.6) is 0 Å². The number of ether oxygens (including phenoxy) is 2. The minimum absolute atomic E-state index is 0.0792. The van der Waals surface area contributed by atoms with Gasteiger partial charge in [0.15, 0.2) is 6.04 Å². The third-order valence-corrected chi connectivity index (χ3v) is 5.23. The quantitative estimate of drug-likeness (QED) is 0.504. The lowest BCUT2D eigenvalue weighted by molar-refractivity contribution is -0.146. The first-order valence-electron chi connectivity index (χ1n) is 10.5. The normalized spacial score (nSPS) is 16.2. The molecule has 1 heterocycles. The predicted octanol–water partition coefficient (Wildman–Crippen LogP) is 4.04. The van der Waals surface area contributed by atoms with E-state index >= 15 is 0 Å². The summed E-state index contributed by atoms with van der Waals surface area (Å²) in [5.41, 5.74) is 1.83. The van der Waals surface area contributed by atoms with Crippen LogP contribution in [0.2, 0.25) is 0 Å². The summed E-state index contributed by atoms with van der Waals surface area (Å²) in [4.78, 5) is 26.1. The van der Waals surface area contributed by atoms with Crippen LogP contribution in [-0.2, 0) is 20.9 Å². The Morgan fingerprint density at radius 3 is 2.45 bits per heavy atom. The number of nitrogens with one attached hydrogen (secondary N) is 1. The van der Waals surface area contributed by atoms with Gasteiger partial charge in [0.1, 0.15) is 18.5 Å². The lowest BCUT2D eigenvalue weighted by Crippen LogP contribution is -2.26. The Hall–Kier alpha value is -3.91. The summed E-state index contributed by atoms with van der Waals surface area (Å²) >= 11 is 0. The number of anilines is 2. The molecule has 4 rings (SSSR count). The fraction of sp³-hybridized carbons (Fsp3) is 0.200. The zero-order chi connectivity index (χ0) is 23.2. The molecule has 170 valence electrons. The Bertz CT molecular complexity index is 1110. The molecule has 0 bridgehead atoms. The molecule has 3 aromatic carbocycles. The summed E-state index contributed by atoms with van der Waals surface area (Å²) in [5, 5.41) is 12.1. The fourth-order valence-corrected chi connectivity index (χ4v) is 3.51. The molecule has 1 aliphatic heterocycles. The molecule has 0 saturated carbocycles. The second-order valence-corrected chi connectivity index (χ2v) is 7.54. The molecule has 2 N–H and O–H groups in total. The highest BCUT2D eigenvalue weighted by atomic mass is 19.1. The number of hydrogen-bond acceptors (Lipinski definition) is 6. The molecule has 1 unspecified atom stereocenters. The van der Waals surface area contributed by atoms with Crippen molar-refractivity contribution in [3.8, 4) is 0 Å². The first-order chi connectivity index (χ1) is 16.0. The standard InChI is InChI=1S/C25H23FN2O5/c26-21-13-19(28-14-20(15-29)33-25(28)31)11-12-22(21)27-23(18-9-5-2-6-10-18)24(30)32-16-17-7-3-1-4-8-17/h1-13,20,23,27,29H,14-16H2/t20-,23?/m1/s1. The number of benzene rings is 3. The minimum Gasteiger partial charge on any atom is -0.459 e. The number of carbonyl (C=O) groups excluding carboxylic acids is 2. The van der Waals surface area contributed by atoms with E-state index in [4.69, 9.17) is 9.47 Å². The van der Waals surface area contributed by atoms with E-state index in [2.05, 4.69) is 5.32 Å². The van der Waals surface area contributed by atoms with E-state index in [-0.39, 0.29) is 25.4 Å². The zero-order valence-electron chi connectivity index (χ0n) is 17.7. The van der Waals surface area contributed by atoms with E-state index in [1.54, 1.807) is 30.3 Å². The Kier molecular flexibility index (Phi) is 6.85. The van der Waals surface area contributed by atoms with Crippen molar-refractivity contribution in [1.82, 2.24) is 0 Å². The van der Waals surface area contributed by atoms with Gasteiger partial charge in [-0.3, -0.25) is 4.90 Å². The van der Waals surface area contributed by atoms with Crippen molar-refractivity contribution in [2.24, 2.45) is 0 Å². The molecule has 0 aromatic heterocycles. The molecule has 1 aliphatic rings. The molecular formula is C25H23FN2O5. The van der Waals surface area contributed by atoms with Crippen LogP contribution in [0, 0.1) is 5.82 Å². The summed E-state index contributed by atoms with van der Waals surface area (Å²) < 4.78 is 25.4. The number of esters is 1. The lowest BCUT2D eigenvalue weighted by atomic mass is 10.1. The summed E-state index contributed by atoms with van der Waals surface area (Å²) in [6.07, 6.45) is -1.30. The van der Waals surface area contributed by atoms with Crippen LogP contribution in [0.4, 0.5) is 20.6 Å². The lowest BCUT2D eigenvalue weighted by Gasteiger charge is -2.21. The van der Waals surface area contributed by atoms with Crippen molar-refractivity contribution < 1.29 is 28.6 Å². The maximum absolute atomic E-state index is 15.0. The number of hydrogen-bond donors (Lipinski definition) is 2. The molecule has 3 aromatic rings. The number of carbonyl (C=O) groups is 2. The Morgan fingerprint density at radius 1 is 1.12 bits per heavy atom. The Morgan fingerprint density at radius 2 is 1.82 bits per heavy atom. The highest BCUT2D eigenvalue weighted by molar-refractivity contribution is 5.90. The zero-order valence-corrected chi connectivity index (χ0v) is 17.7. The monoisotopic (exact) mass is 450 g/mol. The van der Waals surface area contributed by atoms with E-state index in [1.807, 2.05) is 36.4 Å². The van der Waals surface area contributed by atoms with Crippen molar-refractivity contribution in [3.05, 3.63) is 95.8 Å². The van der Waals surface area contributed by atoms with Gasteiger partial charge in [-0.05, 0) is 29.3 Å². The fourth-order valence-electron chi connectivity index (χ4n) is 3.51. The molecule has 2 atom stereocenters. The molecule has 0 radical (unpaired) electrons. The highest BCUT2D eigenvalue weighted by Gasteiger charge is 2.32. The number of amides is 1. The van der Waals surface area contributed by atoms with Crippen molar-refractivity contribution in [2.45, 2.75) is 18.8 Å². The van der Waals surface area contributed by atoms with Gasteiger partial charge >= 0.3 is 12.1 Å². The molecule has 33 heavy (non-hydrogen) atoms. The largest absolute Gasteiger partial charge is 0.459 e. The van der Waals surface area contributed by atoms with E-state index < -0.39 is 30.0 Å². The molecule has 0 spiro atoms. The SMILES string of the molecule is O=C(OCc1ccccc1)C(Nc1ccc(N2C[C@H](CO)OC2=O)cc1F)c1ccccc1. The number of aliphatic hydroxyl groups excluding tert-OH is 1. The summed E-state index contributed by atoms with van der Waals surface area (Å²) in [5.74, 6) is -1.20. The molecule has 8 heteroatoms. The summed E-state index contributed by atoms with van der Waals surface area (Å²) in [7, 11) is 0. The van der Waals surface area contributed by atoms with E-state index in [0.29, 0.717) is 11.3 Å². The molecule has 1 saturated heterocycles. The third kappa shape index (κ3) is 5.30. The van der Waals surface area contributed by atoms with Crippen molar-refractivity contribution in [3.63, 3.8) is 0 Å². The van der Waals surface area contributed by atoms with Gasteiger partial charge in [0, 0.05) is 0 Å². The van der Waals surface area contributed by atoms with Crippen LogP contribution in [0.15, 0.2) is 78.9 Å². The number of cyclic esters (lactones) is 1. The highest BCUT2D eigenvalue weighted by Crippen LogP contribution is 2.29. The number of rotatable bonds is 8. The van der Waals surface area contributed by atoms with E-state index in [0.717, 1.165) is 5.56 Å². The maximum atomic E-state index is 15.0. The molecule has 1 fully saturated rings. The third-order valence-electron chi connectivity index (χ3n) is 5.23. The van der Waals surface area contributed by atoms with Gasteiger partial charge in [0.2, 0.25) is 0 Å². The number of nitrogens with zero attached hydrogens (tertiary/aromatic N) is 1. The van der Waals surface area contributed by atoms with Crippen molar-refractivity contribution in [2.75, 3.05) is 23.4 Å². The van der Waals surface area contributed by atoms with Crippen LogP contribution in [0.1, 0.15) is 17.2 Å². The summed E-state index contributed by atoms with van der Waals surface area (Å²) in [6, 6.07) is 21.4. The topological polar surface area (TPSA) is 88.1 Å². The second kappa shape index (κ2) is 10.1. The van der Waals surface area contributed by atoms with E-state index in [1.165, 1.54) is 17.0 Å². The molecule has 7 nitrogen and oxygen atoms in total. The average Bonchev–Trinajstić information content (AvgIpc) is 3.23. The maximum Gasteiger partial charge on any atom is 0.414 e.